The number of amides is 1. The van der Waals surface area contributed by atoms with Gasteiger partial charge in [0.05, 0.1) is 6.20 Å². The van der Waals surface area contributed by atoms with E-state index in [0.29, 0.717) is 23.7 Å². The number of Topliss-reactive ketones (excluding diaryl/α,β-unsaturated/α-hetero) is 1. The number of nitrogens with zero attached hydrogens (tertiary/aromatic N) is 3. The van der Waals surface area contributed by atoms with Crippen LogP contribution < -0.4 is 0 Å². The van der Waals surface area contributed by atoms with E-state index < -0.39 is 0 Å². The van der Waals surface area contributed by atoms with Crippen LogP contribution >= 0.6 is 0 Å². The molecule has 0 N–H and O–H groups in total. The van der Waals surface area contributed by atoms with E-state index in [2.05, 4.69) is 29.4 Å². The van der Waals surface area contributed by atoms with Crippen molar-refractivity contribution in [1.82, 2.24) is 14.7 Å². The predicted octanol–water partition coefficient (Wildman–Crippen LogP) is 4.55. The minimum absolute atomic E-state index is 0.0607. The molecule has 0 radical (unpaired) electrons. The Morgan fingerprint density at radius 1 is 1.03 bits per heavy atom. The molecular weight excluding hydrogens is 398 g/mol. The Bertz CT molecular complexity index is 1150. The van der Waals surface area contributed by atoms with Gasteiger partial charge in [0, 0.05) is 55.7 Å². The fourth-order valence-electron chi connectivity index (χ4n) is 4.61. The van der Waals surface area contributed by atoms with Crippen molar-refractivity contribution < 1.29 is 9.59 Å². The Morgan fingerprint density at radius 2 is 1.78 bits per heavy atom. The van der Waals surface area contributed by atoms with E-state index in [1.54, 1.807) is 4.68 Å². The molecule has 1 aliphatic carbocycles. The first-order valence-electron chi connectivity index (χ1n) is 11.5. The topological polar surface area (TPSA) is 55.2 Å². The fourth-order valence-corrected chi connectivity index (χ4v) is 4.61. The molecule has 3 aromatic rings. The summed E-state index contributed by atoms with van der Waals surface area (Å²) in [5.74, 6) is 0.981. The lowest BCUT2D eigenvalue weighted by atomic mass is 9.80. The molecule has 164 valence electrons. The van der Waals surface area contributed by atoms with Crippen molar-refractivity contribution in [1.29, 1.82) is 0 Å². The first kappa shape index (κ1) is 20.7. The van der Waals surface area contributed by atoms with Crippen molar-refractivity contribution in [2.24, 2.45) is 13.0 Å². The van der Waals surface area contributed by atoms with Crippen LogP contribution in [0.2, 0.25) is 0 Å². The van der Waals surface area contributed by atoms with Gasteiger partial charge in [-0.25, -0.2) is 0 Å². The molecule has 5 rings (SSSR count). The maximum Gasteiger partial charge on any atom is 0.253 e. The van der Waals surface area contributed by atoms with Gasteiger partial charge in [0.25, 0.3) is 5.91 Å². The SMILES string of the molecule is Cc1ccc(C(=O)N2CC(c3ccc(-c4cnn(C)c4)cc3)C2)cc1CC(=O)C1CCC1. The van der Waals surface area contributed by atoms with E-state index in [0.717, 1.165) is 54.6 Å². The molecule has 5 heteroatoms. The second-order valence-corrected chi connectivity index (χ2v) is 9.34. The van der Waals surface area contributed by atoms with Crippen LogP contribution in [0.4, 0.5) is 0 Å². The van der Waals surface area contributed by atoms with E-state index in [1.807, 2.05) is 49.5 Å². The second-order valence-electron chi connectivity index (χ2n) is 9.34. The monoisotopic (exact) mass is 427 g/mol. The highest BCUT2D eigenvalue weighted by molar-refractivity contribution is 5.95. The van der Waals surface area contributed by atoms with Gasteiger partial charge in [-0.1, -0.05) is 36.8 Å². The average molecular weight is 428 g/mol. The summed E-state index contributed by atoms with van der Waals surface area (Å²) in [6.07, 6.45) is 7.53. The summed E-state index contributed by atoms with van der Waals surface area (Å²) < 4.78 is 1.80. The van der Waals surface area contributed by atoms with E-state index in [1.165, 1.54) is 5.56 Å². The zero-order valence-electron chi connectivity index (χ0n) is 18.8. The maximum atomic E-state index is 13.0. The minimum atomic E-state index is 0.0607. The highest BCUT2D eigenvalue weighted by Crippen LogP contribution is 2.31. The molecule has 2 fully saturated rings. The molecule has 0 atom stereocenters. The molecule has 32 heavy (non-hydrogen) atoms. The third-order valence-corrected chi connectivity index (χ3v) is 7.11. The van der Waals surface area contributed by atoms with Gasteiger partial charge in [-0.05, 0) is 54.2 Å². The maximum absolute atomic E-state index is 13.0. The zero-order chi connectivity index (χ0) is 22.2. The largest absolute Gasteiger partial charge is 0.337 e. The first-order chi connectivity index (χ1) is 15.5. The Hall–Kier alpha value is -3.21. The molecule has 1 aromatic heterocycles. The number of ketones is 1. The van der Waals surface area contributed by atoms with Crippen molar-refractivity contribution in [2.75, 3.05) is 13.1 Å². The molecule has 1 saturated heterocycles. The minimum Gasteiger partial charge on any atom is -0.337 e. The third kappa shape index (κ3) is 3.99. The summed E-state index contributed by atoms with van der Waals surface area (Å²) in [5, 5.41) is 4.23. The van der Waals surface area contributed by atoms with Crippen molar-refractivity contribution in [3.63, 3.8) is 0 Å². The predicted molar refractivity (Wildman–Crippen MR) is 125 cm³/mol. The van der Waals surface area contributed by atoms with Crippen LogP contribution in [0.3, 0.4) is 0 Å². The average Bonchev–Trinajstić information content (AvgIpc) is 3.14. The van der Waals surface area contributed by atoms with E-state index in [4.69, 9.17) is 0 Å². The summed E-state index contributed by atoms with van der Waals surface area (Å²) in [6, 6.07) is 14.4. The van der Waals surface area contributed by atoms with Crippen molar-refractivity contribution in [3.8, 4) is 11.1 Å². The molecule has 1 saturated carbocycles. The van der Waals surface area contributed by atoms with Gasteiger partial charge in [0.2, 0.25) is 0 Å². The lowest BCUT2D eigenvalue weighted by Gasteiger charge is -2.39. The lowest BCUT2D eigenvalue weighted by Crippen LogP contribution is -2.48. The van der Waals surface area contributed by atoms with Crippen LogP contribution in [-0.4, -0.2) is 39.5 Å². The molecular formula is C27H29N3O2. The van der Waals surface area contributed by atoms with Crippen molar-refractivity contribution in [3.05, 3.63) is 77.1 Å². The highest BCUT2D eigenvalue weighted by Gasteiger charge is 2.32. The fraction of sp³-hybridized carbons (Fsp3) is 0.370. The summed E-state index contributed by atoms with van der Waals surface area (Å²) >= 11 is 0. The number of hydrogen-bond acceptors (Lipinski definition) is 3. The van der Waals surface area contributed by atoms with Gasteiger partial charge >= 0.3 is 0 Å². The number of aromatic nitrogens is 2. The van der Waals surface area contributed by atoms with Crippen LogP contribution in [0, 0.1) is 12.8 Å². The van der Waals surface area contributed by atoms with Gasteiger partial charge in [-0.2, -0.15) is 5.10 Å². The molecule has 2 aliphatic rings. The Kier molecular flexibility index (Phi) is 5.41. The summed E-state index contributed by atoms with van der Waals surface area (Å²) in [7, 11) is 1.92. The lowest BCUT2D eigenvalue weighted by molar-refractivity contribution is -0.124. The normalized spacial score (nSPS) is 16.5. The van der Waals surface area contributed by atoms with Crippen molar-refractivity contribution >= 4 is 11.7 Å². The van der Waals surface area contributed by atoms with Crippen LogP contribution in [-0.2, 0) is 18.3 Å². The van der Waals surface area contributed by atoms with Gasteiger partial charge < -0.3 is 4.90 Å². The summed E-state index contributed by atoms with van der Waals surface area (Å²) in [5.41, 5.74) is 6.29. The van der Waals surface area contributed by atoms with Gasteiger partial charge in [0.15, 0.2) is 0 Å². The Morgan fingerprint density at radius 3 is 2.41 bits per heavy atom. The molecule has 1 aliphatic heterocycles. The number of carbonyl (C=O) groups excluding carboxylic acids is 2. The van der Waals surface area contributed by atoms with Gasteiger partial charge in [0.1, 0.15) is 5.78 Å². The van der Waals surface area contributed by atoms with Crippen LogP contribution in [0.1, 0.15) is 52.2 Å². The molecule has 2 heterocycles. The Balaban J connectivity index is 1.21. The number of rotatable bonds is 6. The van der Waals surface area contributed by atoms with Crippen molar-refractivity contribution in [2.45, 2.75) is 38.5 Å². The molecule has 0 spiro atoms. The number of carbonyl (C=O) groups is 2. The van der Waals surface area contributed by atoms with Crippen LogP contribution in [0.25, 0.3) is 11.1 Å². The summed E-state index contributed by atoms with van der Waals surface area (Å²) in [6.45, 7) is 3.48. The number of hydrogen-bond donors (Lipinski definition) is 0. The Labute approximate surface area is 189 Å². The molecule has 5 nitrogen and oxygen atoms in total. The number of aryl methyl sites for hydroxylation is 2. The molecule has 0 bridgehead atoms. The van der Waals surface area contributed by atoms with E-state index in [9.17, 15) is 9.59 Å². The van der Waals surface area contributed by atoms with E-state index in [-0.39, 0.29) is 11.8 Å². The van der Waals surface area contributed by atoms with Crippen LogP contribution in [0.5, 0.6) is 0 Å². The van der Waals surface area contributed by atoms with E-state index >= 15 is 0 Å². The standard InChI is InChI=1S/C27H29N3O2/c1-18-6-7-22(12-23(18)13-26(31)21-4-3-5-21)27(32)30-16-25(17-30)20-10-8-19(9-11-20)24-14-28-29(2)15-24/h6-12,14-15,21,25H,3-5,13,16-17H2,1-2H3. The highest BCUT2D eigenvalue weighted by atomic mass is 16.2. The smallest absolute Gasteiger partial charge is 0.253 e. The number of likely N-dealkylation sites (tertiary alicyclic amines) is 1. The third-order valence-electron chi connectivity index (χ3n) is 7.11. The quantitative estimate of drug-likeness (QED) is 0.580. The zero-order valence-corrected chi connectivity index (χ0v) is 18.8. The van der Waals surface area contributed by atoms with Gasteiger partial charge in [-0.3, -0.25) is 14.3 Å². The second kappa shape index (κ2) is 8.38. The summed E-state index contributed by atoms with van der Waals surface area (Å²) in [4.78, 5) is 27.4. The number of benzene rings is 2. The molecule has 0 unspecified atom stereocenters. The van der Waals surface area contributed by atoms with Crippen LogP contribution in [0.15, 0.2) is 54.9 Å². The van der Waals surface area contributed by atoms with Gasteiger partial charge in [-0.15, -0.1) is 0 Å². The first-order valence-corrected chi connectivity index (χ1v) is 11.5. The molecule has 2 aromatic carbocycles. The molecule has 1 amide bonds.